The normalized spacial score (nSPS) is 14.6. The van der Waals surface area contributed by atoms with Crippen molar-refractivity contribution in [1.29, 1.82) is 0 Å². The van der Waals surface area contributed by atoms with E-state index in [1.54, 1.807) is 16.8 Å². The molecule has 0 unspecified atom stereocenters. The number of carbonyl (C=O) groups excluding carboxylic acids is 1. The molecule has 7 nitrogen and oxygen atoms in total. The number of halogens is 1. The molecule has 0 saturated carbocycles. The van der Waals surface area contributed by atoms with Crippen LogP contribution in [0, 0.1) is 18.7 Å². The summed E-state index contributed by atoms with van der Waals surface area (Å²) >= 11 is 0. The van der Waals surface area contributed by atoms with Gasteiger partial charge in [0.15, 0.2) is 5.65 Å². The number of carbonyl (C=O) groups is 1. The average molecular weight is 425 g/mol. The zero-order chi connectivity index (χ0) is 22.1. The molecule has 3 heterocycles. The lowest BCUT2D eigenvalue weighted by atomic mass is 10.1. The summed E-state index contributed by atoms with van der Waals surface area (Å²) in [6, 6.07) is 6.27. The van der Waals surface area contributed by atoms with Crippen LogP contribution in [0.25, 0.3) is 16.7 Å². The van der Waals surface area contributed by atoms with Crippen molar-refractivity contribution in [2.45, 2.75) is 40.5 Å². The Morgan fingerprint density at radius 1 is 1.10 bits per heavy atom. The van der Waals surface area contributed by atoms with Crippen molar-refractivity contribution in [3.05, 3.63) is 41.6 Å². The fourth-order valence-electron chi connectivity index (χ4n) is 4.04. The van der Waals surface area contributed by atoms with E-state index in [9.17, 15) is 9.18 Å². The molecule has 1 saturated heterocycles. The monoisotopic (exact) mass is 424 g/mol. The largest absolute Gasteiger partial charge is 0.352 e. The molecule has 31 heavy (non-hydrogen) atoms. The van der Waals surface area contributed by atoms with E-state index in [0.29, 0.717) is 13.1 Å². The average Bonchev–Trinajstić information content (AvgIpc) is 3.10. The van der Waals surface area contributed by atoms with Gasteiger partial charge in [-0.1, -0.05) is 20.8 Å². The molecule has 0 bridgehead atoms. The summed E-state index contributed by atoms with van der Waals surface area (Å²) in [5.41, 5.74) is 2.33. The van der Waals surface area contributed by atoms with Crippen LogP contribution in [-0.4, -0.2) is 56.7 Å². The van der Waals surface area contributed by atoms with Crippen molar-refractivity contribution in [1.82, 2.24) is 24.6 Å². The number of benzene rings is 1. The van der Waals surface area contributed by atoms with Crippen LogP contribution in [0.1, 0.15) is 38.7 Å². The molecule has 1 aromatic carbocycles. The zero-order valence-electron chi connectivity index (χ0n) is 18.6. The Morgan fingerprint density at radius 3 is 2.39 bits per heavy atom. The molecule has 1 amide bonds. The number of hydrogen-bond acceptors (Lipinski definition) is 5. The van der Waals surface area contributed by atoms with Crippen molar-refractivity contribution < 1.29 is 9.18 Å². The minimum atomic E-state index is -0.285. The van der Waals surface area contributed by atoms with E-state index in [1.165, 1.54) is 12.1 Å². The molecule has 2 aromatic heterocycles. The maximum Gasteiger partial charge on any atom is 0.225 e. The highest BCUT2D eigenvalue weighted by atomic mass is 19.1. The Hall–Kier alpha value is -3.03. The highest BCUT2D eigenvalue weighted by molar-refractivity contribution is 5.91. The molecule has 0 N–H and O–H groups in total. The molecule has 164 valence electrons. The number of piperazine rings is 1. The third-order valence-electron chi connectivity index (χ3n) is 5.66. The SMILES string of the molecule is CCCc1nc(N2CCN(C(=O)C(C)C)CC2)c2c(C)nn(-c3ccc(F)cc3)c2n1. The summed E-state index contributed by atoms with van der Waals surface area (Å²) in [5.74, 6) is 1.56. The smallest absolute Gasteiger partial charge is 0.225 e. The number of rotatable bonds is 5. The van der Waals surface area contributed by atoms with Crippen LogP contribution in [0.2, 0.25) is 0 Å². The van der Waals surface area contributed by atoms with E-state index < -0.39 is 0 Å². The van der Waals surface area contributed by atoms with E-state index in [1.807, 2.05) is 25.7 Å². The van der Waals surface area contributed by atoms with Gasteiger partial charge < -0.3 is 9.80 Å². The molecule has 1 aliphatic rings. The van der Waals surface area contributed by atoms with Gasteiger partial charge in [0.05, 0.1) is 16.8 Å². The summed E-state index contributed by atoms with van der Waals surface area (Å²) in [6.07, 6.45) is 1.70. The van der Waals surface area contributed by atoms with Crippen molar-refractivity contribution in [2.75, 3.05) is 31.1 Å². The molecular formula is C23H29FN6O. The first-order valence-corrected chi connectivity index (χ1v) is 10.9. The number of amides is 1. The van der Waals surface area contributed by atoms with Gasteiger partial charge in [-0.15, -0.1) is 0 Å². The van der Waals surface area contributed by atoms with Crippen molar-refractivity contribution in [2.24, 2.45) is 5.92 Å². The van der Waals surface area contributed by atoms with Gasteiger partial charge in [0, 0.05) is 38.5 Å². The second kappa shape index (κ2) is 8.61. The Balaban J connectivity index is 1.75. The van der Waals surface area contributed by atoms with Gasteiger partial charge in [0.25, 0.3) is 0 Å². The lowest BCUT2D eigenvalue weighted by Gasteiger charge is -2.36. The third kappa shape index (κ3) is 4.11. The lowest BCUT2D eigenvalue weighted by Crippen LogP contribution is -2.50. The van der Waals surface area contributed by atoms with Gasteiger partial charge in [-0.3, -0.25) is 4.79 Å². The number of anilines is 1. The molecule has 0 radical (unpaired) electrons. The van der Waals surface area contributed by atoms with Crippen LogP contribution < -0.4 is 4.90 Å². The first kappa shape index (κ1) is 21.2. The molecule has 0 atom stereocenters. The Kier molecular flexibility index (Phi) is 5.89. The van der Waals surface area contributed by atoms with Gasteiger partial charge >= 0.3 is 0 Å². The van der Waals surface area contributed by atoms with Crippen molar-refractivity contribution >= 4 is 22.8 Å². The van der Waals surface area contributed by atoms with Crippen LogP contribution in [-0.2, 0) is 11.2 Å². The van der Waals surface area contributed by atoms with Crippen molar-refractivity contribution in [3.63, 3.8) is 0 Å². The topological polar surface area (TPSA) is 67.2 Å². The highest BCUT2D eigenvalue weighted by Gasteiger charge is 2.27. The summed E-state index contributed by atoms with van der Waals surface area (Å²) in [4.78, 5) is 26.2. The fourth-order valence-corrected chi connectivity index (χ4v) is 4.04. The second-order valence-corrected chi connectivity index (χ2v) is 8.35. The first-order chi connectivity index (χ1) is 14.9. The minimum absolute atomic E-state index is 0.00431. The first-order valence-electron chi connectivity index (χ1n) is 10.9. The van der Waals surface area contributed by atoms with Gasteiger partial charge in [-0.25, -0.2) is 19.0 Å². The highest BCUT2D eigenvalue weighted by Crippen LogP contribution is 2.30. The standard InChI is InChI=1S/C23H29FN6O/c1-5-6-19-25-21(28-11-13-29(14-12-28)23(31)15(2)3)20-16(4)27-30(22(20)26-19)18-9-7-17(24)8-10-18/h7-10,15H,5-6,11-14H2,1-4H3. The summed E-state index contributed by atoms with van der Waals surface area (Å²) < 4.78 is 15.2. The van der Waals surface area contributed by atoms with E-state index in [2.05, 4.69) is 11.8 Å². The molecule has 0 spiro atoms. The van der Waals surface area contributed by atoms with Crippen molar-refractivity contribution in [3.8, 4) is 5.69 Å². The van der Waals surface area contributed by atoms with Gasteiger partial charge in [0.2, 0.25) is 5.91 Å². The Morgan fingerprint density at radius 2 is 1.77 bits per heavy atom. The van der Waals surface area contributed by atoms with Crippen LogP contribution in [0.5, 0.6) is 0 Å². The molecule has 3 aromatic rings. The number of fused-ring (bicyclic) bond motifs is 1. The second-order valence-electron chi connectivity index (χ2n) is 8.35. The Bertz CT molecular complexity index is 1080. The predicted octanol–water partition coefficient (Wildman–Crippen LogP) is 3.52. The molecule has 1 fully saturated rings. The zero-order valence-corrected chi connectivity index (χ0v) is 18.6. The van der Waals surface area contributed by atoms with E-state index in [4.69, 9.17) is 15.1 Å². The summed E-state index contributed by atoms with van der Waals surface area (Å²) in [7, 11) is 0. The molecule has 0 aliphatic carbocycles. The quantitative estimate of drug-likeness (QED) is 0.627. The maximum absolute atomic E-state index is 13.4. The number of nitrogens with zero attached hydrogens (tertiary/aromatic N) is 6. The van der Waals surface area contributed by atoms with Gasteiger partial charge in [0.1, 0.15) is 17.5 Å². The number of aromatic nitrogens is 4. The van der Waals surface area contributed by atoms with E-state index >= 15 is 0 Å². The summed E-state index contributed by atoms with van der Waals surface area (Å²) in [6.45, 7) is 10.7. The molecular weight excluding hydrogens is 395 g/mol. The minimum Gasteiger partial charge on any atom is -0.352 e. The maximum atomic E-state index is 13.4. The number of aryl methyl sites for hydroxylation is 2. The molecule has 1 aliphatic heterocycles. The van der Waals surface area contributed by atoms with E-state index in [-0.39, 0.29) is 17.6 Å². The van der Waals surface area contributed by atoms with Gasteiger partial charge in [-0.2, -0.15) is 5.10 Å². The lowest BCUT2D eigenvalue weighted by molar-refractivity contribution is -0.134. The van der Waals surface area contributed by atoms with Crippen LogP contribution in [0.15, 0.2) is 24.3 Å². The van der Waals surface area contributed by atoms with Crippen LogP contribution >= 0.6 is 0 Å². The molecule has 4 rings (SSSR count). The van der Waals surface area contributed by atoms with E-state index in [0.717, 1.165) is 60.0 Å². The summed E-state index contributed by atoms with van der Waals surface area (Å²) in [5, 5.41) is 5.62. The Labute approximate surface area is 181 Å². The predicted molar refractivity (Wildman–Crippen MR) is 119 cm³/mol. The number of hydrogen-bond donors (Lipinski definition) is 0. The fraction of sp³-hybridized carbons (Fsp3) is 0.478. The van der Waals surface area contributed by atoms with Crippen LogP contribution in [0.3, 0.4) is 0 Å². The molecule has 8 heteroatoms. The van der Waals surface area contributed by atoms with Crippen LogP contribution in [0.4, 0.5) is 10.2 Å². The van der Waals surface area contributed by atoms with Gasteiger partial charge in [-0.05, 0) is 37.6 Å². The third-order valence-corrected chi connectivity index (χ3v) is 5.66.